The molecule has 104 valence electrons. The fourth-order valence-corrected chi connectivity index (χ4v) is 1.60. The molecule has 20 heavy (non-hydrogen) atoms. The maximum Gasteiger partial charge on any atom is 0.276 e. The summed E-state index contributed by atoms with van der Waals surface area (Å²) < 4.78 is 6.73. The summed E-state index contributed by atoms with van der Waals surface area (Å²) in [6, 6.07) is 12.4. The van der Waals surface area contributed by atoms with Gasteiger partial charge in [0.1, 0.15) is 5.75 Å². The van der Waals surface area contributed by atoms with Crippen LogP contribution in [0.3, 0.4) is 0 Å². The number of pyridine rings is 1. The quantitative estimate of drug-likeness (QED) is 0.443. The van der Waals surface area contributed by atoms with E-state index in [0.717, 1.165) is 5.75 Å². The van der Waals surface area contributed by atoms with E-state index in [1.807, 2.05) is 12.1 Å². The molecule has 1 aromatic carbocycles. The Balaban J connectivity index is 0.00000200. The van der Waals surface area contributed by atoms with E-state index >= 15 is 0 Å². The van der Waals surface area contributed by atoms with Crippen LogP contribution in [0.2, 0.25) is 0 Å². The number of allylic oxidation sites excluding steroid dienone is 1. The Morgan fingerprint density at radius 2 is 1.90 bits per heavy atom. The lowest BCUT2D eigenvalue weighted by Gasteiger charge is -2.00. The van der Waals surface area contributed by atoms with Crippen LogP contribution < -0.4 is 27.4 Å². The molecule has 0 amide bonds. The lowest BCUT2D eigenvalue weighted by molar-refractivity contribution is -0.552. The van der Waals surface area contributed by atoms with Crippen molar-refractivity contribution in [1.82, 2.24) is 0 Å². The Labute approximate surface area is 123 Å². The number of benzene rings is 1. The van der Waals surface area contributed by atoms with Gasteiger partial charge in [-0.25, -0.2) is 4.57 Å². The molecule has 1 aromatic heterocycles. The third-order valence-electron chi connectivity index (χ3n) is 2.68. The average Bonchev–Trinajstić information content (AvgIpc) is 2.46. The van der Waals surface area contributed by atoms with Crippen molar-refractivity contribution < 1.29 is 26.5 Å². The average molecular weight is 291 g/mol. The molecule has 5 heteroatoms. The number of carbonyl (C=O) groups excluding carboxylic acids is 1. The van der Waals surface area contributed by atoms with E-state index in [-0.39, 0.29) is 18.2 Å². The van der Waals surface area contributed by atoms with Crippen LogP contribution in [0.25, 0.3) is 6.20 Å². The first-order chi connectivity index (χ1) is 9.20. The van der Waals surface area contributed by atoms with Crippen LogP contribution in [0.15, 0.2) is 54.7 Å². The Morgan fingerprint density at radius 1 is 1.20 bits per heavy atom. The molecule has 0 atom stereocenters. The number of hydrogen-bond donors (Lipinski definition) is 1. The number of halogens is 1. The van der Waals surface area contributed by atoms with Crippen molar-refractivity contribution in [3.63, 3.8) is 0 Å². The molecule has 1 heterocycles. The fourth-order valence-electron chi connectivity index (χ4n) is 1.60. The molecule has 2 N–H and O–H groups in total. The molecule has 0 saturated carbocycles. The topological polar surface area (TPSA) is 56.2 Å². The summed E-state index contributed by atoms with van der Waals surface area (Å²) in [5.41, 5.74) is 6.37. The van der Waals surface area contributed by atoms with Gasteiger partial charge in [0.05, 0.1) is 19.5 Å². The van der Waals surface area contributed by atoms with Gasteiger partial charge in [0.25, 0.3) is 5.82 Å². The molecular weight excluding hydrogens is 276 g/mol. The van der Waals surface area contributed by atoms with Gasteiger partial charge in [-0.1, -0.05) is 6.07 Å². The fraction of sp³-hybridized carbons (Fsp3) is 0.0667. The Morgan fingerprint density at radius 3 is 2.50 bits per heavy atom. The number of ketones is 1. The molecule has 0 aliphatic heterocycles. The lowest BCUT2D eigenvalue weighted by atomic mass is 10.1. The van der Waals surface area contributed by atoms with Gasteiger partial charge in [-0.15, -0.1) is 0 Å². The zero-order valence-electron chi connectivity index (χ0n) is 11.0. The second-order valence-electron chi connectivity index (χ2n) is 3.94. The highest BCUT2D eigenvalue weighted by molar-refractivity contribution is 6.05. The van der Waals surface area contributed by atoms with Crippen molar-refractivity contribution in [2.45, 2.75) is 0 Å². The summed E-state index contributed by atoms with van der Waals surface area (Å²) in [6.45, 7) is 0. The van der Waals surface area contributed by atoms with Crippen molar-refractivity contribution in [2.75, 3.05) is 12.8 Å². The van der Waals surface area contributed by atoms with Crippen LogP contribution in [-0.2, 0) is 0 Å². The second kappa shape index (κ2) is 7.31. The Bertz CT molecular complexity index is 610. The van der Waals surface area contributed by atoms with Crippen LogP contribution in [0.5, 0.6) is 5.75 Å². The molecule has 0 aliphatic rings. The van der Waals surface area contributed by atoms with Gasteiger partial charge in [0, 0.05) is 17.7 Å². The van der Waals surface area contributed by atoms with Gasteiger partial charge in [0.15, 0.2) is 5.78 Å². The third kappa shape index (κ3) is 3.83. The van der Waals surface area contributed by atoms with Gasteiger partial charge >= 0.3 is 0 Å². The van der Waals surface area contributed by atoms with Crippen LogP contribution in [0.4, 0.5) is 5.82 Å². The second-order valence-corrected chi connectivity index (χ2v) is 3.94. The number of nitrogens with two attached hydrogens (primary N) is 1. The minimum Gasteiger partial charge on any atom is -1.00 e. The molecular formula is C15H15ClN2O2. The molecule has 0 spiro atoms. The van der Waals surface area contributed by atoms with Gasteiger partial charge in [-0.3, -0.25) is 10.5 Å². The number of nitrogens with zero attached hydrogens (tertiary/aromatic N) is 1. The van der Waals surface area contributed by atoms with Crippen molar-refractivity contribution in [1.29, 1.82) is 0 Å². The molecule has 0 radical (unpaired) electrons. The number of carbonyl (C=O) groups is 1. The van der Waals surface area contributed by atoms with Crippen molar-refractivity contribution in [3.05, 3.63) is 60.3 Å². The molecule has 0 saturated heterocycles. The summed E-state index contributed by atoms with van der Waals surface area (Å²) >= 11 is 0. The highest BCUT2D eigenvalue weighted by Crippen LogP contribution is 2.11. The van der Waals surface area contributed by atoms with Gasteiger partial charge in [0.2, 0.25) is 0 Å². The Hall–Kier alpha value is -2.33. The van der Waals surface area contributed by atoms with Crippen LogP contribution in [0.1, 0.15) is 10.4 Å². The summed E-state index contributed by atoms with van der Waals surface area (Å²) in [4.78, 5) is 11.9. The van der Waals surface area contributed by atoms with E-state index in [1.54, 1.807) is 54.4 Å². The molecule has 0 unspecified atom stereocenters. The first-order valence-electron chi connectivity index (χ1n) is 5.83. The molecule has 2 aromatic rings. The molecule has 0 fully saturated rings. The number of rotatable bonds is 4. The van der Waals surface area contributed by atoms with Crippen molar-refractivity contribution in [3.8, 4) is 5.75 Å². The summed E-state index contributed by atoms with van der Waals surface area (Å²) in [5, 5.41) is 0. The minimum atomic E-state index is -0.0848. The van der Waals surface area contributed by atoms with Crippen LogP contribution in [0, 0.1) is 0 Å². The minimum absolute atomic E-state index is 0. The van der Waals surface area contributed by atoms with Crippen molar-refractivity contribution >= 4 is 17.8 Å². The monoisotopic (exact) mass is 290 g/mol. The smallest absolute Gasteiger partial charge is 0.276 e. The first kappa shape index (κ1) is 15.7. The first-order valence-corrected chi connectivity index (χ1v) is 5.83. The van der Waals surface area contributed by atoms with E-state index in [4.69, 9.17) is 10.5 Å². The van der Waals surface area contributed by atoms with Crippen molar-refractivity contribution in [2.24, 2.45) is 0 Å². The Kier molecular flexibility index (Phi) is 5.74. The van der Waals surface area contributed by atoms with E-state index in [9.17, 15) is 4.79 Å². The summed E-state index contributed by atoms with van der Waals surface area (Å²) in [5.74, 6) is 1.21. The number of methoxy groups -OCH3 is 1. The lowest BCUT2D eigenvalue weighted by Crippen LogP contribution is -3.00. The molecule has 0 bridgehead atoms. The number of anilines is 1. The van der Waals surface area contributed by atoms with Crippen LogP contribution >= 0.6 is 0 Å². The standard InChI is InChI=1S/C15H14N2O2.ClH/c1-19-13-7-5-12(6-8-13)14(18)9-11-17-10-3-2-4-15(17)16;/h2-11,16H,1H3;1H. The summed E-state index contributed by atoms with van der Waals surface area (Å²) in [7, 11) is 1.59. The van der Waals surface area contributed by atoms with E-state index in [0.29, 0.717) is 11.4 Å². The molecule has 0 aliphatic carbocycles. The predicted octanol–water partition coefficient (Wildman–Crippen LogP) is -1.08. The predicted molar refractivity (Wildman–Crippen MR) is 73.7 cm³/mol. The zero-order chi connectivity index (χ0) is 13.7. The summed E-state index contributed by atoms with van der Waals surface area (Å²) in [6.07, 6.45) is 4.91. The van der Waals surface area contributed by atoms with E-state index < -0.39 is 0 Å². The number of aromatic nitrogens is 1. The number of ether oxygens (including phenoxy) is 1. The molecule has 4 nitrogen and oxygen atoms in total. The normalized spacial score (nSPS) is 10.1. The third-order valence-corrected chi connectivity index (χ3v) is 2.68. The zero-order valence-corrected chi connectivity index (χ0v) is 11.7. The van der Waals surface area contributed by atoms with Gasteiger partial charge in [-0.05, 0) is 30.3 Å². The molecule has 2 rings (SSSR count). The maximum atomic E-state index is 11.9. The van der Waals surface area contributed by atoms with Gasteiger partial charge in [-0.2, -0.15) is 0 Å². The maximum absolute atomic E-state index is 11.9. The number of hydrogen-bond acceptors (Lipinski definition) is 3. The van der Waals surface area contributed by atoms with Gasteiger partial charge < -0.3 is 17.1 Å². The van der Waals surface area contributed by atoms with E-state index in [1.165, 1.54) is 6.08 Å². The highest BCUT2D eigenvalue weighted by Gasteiger charge is 2.03. The van der Waals surface area contributed by atoms with Crippen LogP contribution in [-0.4, -0.2) is 12.9 Å². The van der Waals surface area contributed by atoms with E-state index in [2.05, 4.69) is 0 Å². The number of nitrogen functional groups attached to an aromatic ring is 1. The largest absolute Gasteiger partial charge is 1.00 e. The SMILES string of the molecule is COc1ccc(C(=O)C=C[n+]2ccccc2N)cc1.[Cl-]. The highest BCUT2D eigenvalue weighted by atomic mass is 35.5.